The summed E-state index contributed by atoms with van der Waals surface area (Å²) in [7, 11) is 1.86. The van der Waals surface area contributed by atoms with E-state index in [1.165, 1.54) is 0 Å². The molecule has 1 aliphatic rings. The Kier molecular flexibility index (Phi) is 4.34. The second-order valence-electron chi connectivity index (χ2n) is 5.13. The first kappa shape index (κ1) is 14.2. The Morgan fingerprint density at radius 1 is 1.42 bits per heavy atom. The number of hydrogen-bond donors (Lipinski definition) is 2. The molecule has 106 valence electrons. The van der Waals surface area contributed by atoms with Crippen LogP contribution in [0.2, 0.25) is 0 Å². The van der Waals surface area contributed by atoms with Crippen LogP contribution >= 0.6 is 0 Å². The van der Waals surface area contributed by atoms with Gasteiger partial charge in [0.15, 0.2) is 0 Å². The number of hydrogen-bond acceptors (Lipinski definition) is 6. The molecule has 2 rings (SSSR count). The van der Waals surface area contributed by atoms with Gasteiger partial charge in [-0.05, 0) is 6.92 Å². The van der Waals surface area contributed by atoms with Crippen LogP contribution < -0.4 is 4.90 Å². The maximum Gasteiger partial charge on any atom is 0.225 e. The number of ether oxygens (including phenoxy) is 1. The fraction of sp³-hybridized carbons (Fsp3) is 0.692. The summed E-state index contributed by atoms with van der Waals surface area (Å²) in [6.07, 6.45) is 2.89. The molecule has 2 N–H and O–H groups in total. The molecule has 1 saturated heterocycles. The SMILES string of the molecule is Cc1nc(N(C)CC2(O)CCOCC2)ncc1CO. The molecule has 0 spiro atoms. The highest BCUT2D eigenvalue weighted by Crippen LogP contribution is 2.22. The number of likely N-dealkylation sites (N-methyl/N-ethyl adjacent to an activating group) is 1. The fourth-order valence-electron chi connectivity index (χ4n) is 2.24. The third kappa shape index (κ3) is 3.40. The van der Waals surface area contributed by atoms with Gasteiger partial charge >= 0.3 is 0 Å². The number of aromatic nitrogens is 2. The van der Waals surface area contributed by atoms with Gasteiger partial charge in [-0.1, -0.05) is 0 Å². The van der Waals surface area contributed by atoms with Gasteiger partial charge < -0.3 is 19.8 Å². The number of nitrogens with zero attached hydrogens (tertiary/aromatic N) is 3. The van der Waals surface area contributed by atoms with Crippen molar-refractivity contribution >= 4 is 5.95 Å². The Morgan fingerprint density at radius 2 is 2.11 bits per heavy atom. The van der Waals surface area contributed by atoms with E-state index in [-0.39, 0.29) is 6.61 Å². The summed E-state index contributed by atoms with van der Waals surface area (Å²) in [6, 6.07) is 0. The van der Waals surface area contributed by atoms with Gasteiger partial charge in [0.2, 0.25) is 5.95 Å². The Bertz CT molecular complexity index is 433. The Balaban J connectivity index is 2.06. The third-order valence-electron chi connectivity index (χ3n) is 3.54. The summed E-state index contributed by atoms with van der Waals surface area (Å²) < 4.78 is 5.26. The van der Waals surface area contributed by atoms with Crippen molar-refractivity contribution in [3.8, 4) is 0 Å². The van der Waals surface area contributed by atoms with Gasteiger partial charge in [0.25, 0.3) is 0 Å². The molecule has 0 atom stereocenters. The molecule has 0 saturated carbocycles. The lowest BCUT2D eigenvalue weighted by Gasteiger charge is -2.35. The molecular weight excluding hydrogens is 246 g/mol. The van der Waals surface area contributed by atoms with Crippen molar-refractivity contribution in [2.75, 3.05) is 31.7 Å². The molecule has 6 nitrogen and oxygen atoms in total. The normalized spacial score (nSPS) is 18.3. The van der Waals surface area contributed by atoms with Crippen LogP contribution in [0.4, 0.5) is 5.95 Å². The number of aliphatic hydroxyl groups excluding tert-OH is 1. The average molecular weight is 267 g/mol. The quantitative estimate of drug-likeness (QED) is 0.814. The first-order valence-corrected chi connectivity index (χ1v) is 6.49. The first-order valence-electron chi connectivity index (χ1n) is 6.49. The minimum Gasteiger partial charge on any atom is -0.392 e. The zero-order valence-corrected chi connectivity index (χ0v) is 11.5. The van der Waals surface area contributed by atoms with Crippen LogP contribution in [-0.2, 0) is 11.3 Å². The molecule has 0 bridgehead atoms. The van der Waals surface area contributed by atoms with E-state index in [1.807, 2.05) is 18.9 Å². The van der Waals surface area contributed by atoms with Crippen LogP contribution in [0, 0.1) is 6.92 Å². The molecule has 0 unspecified atom stereocenters. The summed E-state index contributed by atoms with van der Waals surface area (Å²) in [5.41, 5.74) is 0.750. The number of aryl methyl sites for hydroxylation is 1. The lowest BCUT2D eigenvalue weighted by atomic mass is 9.94. The van der Waals surface area contributed by atoms with Gasteiger partial charge in [-0.15, -0.1) is 0 Å². The Morgan fingerprint density at radius 3 is 2.68 bits per heavy atom. The van der Waals surface area contributed by atoms with E-state index >= 15 is 0 Å². The van der Waals surface area contributed by atoms with E-state index in [4.69, 9.17) is 9.84 Å². The van der Waals surface area contributed by atoms with E-state index in [0.717, 1.165) is 11.3 Å². The van der Waals surface area contributed by atoms with E-state index in [1.54, 1.807) is 6.20 Å². The zero-order chi connectivity index (χ0) is 13.9. The van der Waals surface area contributed by atoms with Crippen molar-refractivity contribution in [3.05, 3.63) is 17.5 Å². The summed E-state index contributed by atoms with van der Waals surface area (Å²) in [5, 5.41) is 19.6. The van der Waals surface area contributed by atoms with Gasteiger partial charge in [0.1, 0.15) is 0 Å². The van der Waals surface area contributed by atoms with E-state index in [2.05, 4.69) is 9.97 Å². The molecule has 0 aliphatic carbocycles. The molecule has 0 amide bonds. The van der Waals surface area contributed by atoms with Crippen LogP contribution in [0.15, 0.2) is 6.20 Å². The lowest BCUT2D eigenvalue weighted by molar-refractivity contribution is -0.0574. The van der Waals surface area contributed by atoms with Gasteiger partial charge in [-0.2, -0.15) is 0 Å². The molecule has 6 heteroatoms. The van der Waals surface area contributed by atoms with Gasteiger partial charge in [-0.3, -0.25) is 0 Å². The molecule has 0 radical (unpaired) electrons. The van der Waals surface area contributed by atoms with E-state index in [9.17, 15) is 5.11 Å². The molecule has 0 aromatic carbocycles. The van der Waals surface area contributed by atoms with E-state index in [0.29, 0.717) is 38.5 Å². The molecule has 19 heavy (non-hydrogen) atoms. The lowest BCUT2D eigenvalue weighted by Crippen LogP contribution is -2.46. The predicted octanol–water partition coefficient (Wildman–Crippen LogP) is 0.255. The fourth-order valence-corrected chi connectivity index (χ4v) is 2.24. The van der Waals surface area contributed by atoms with Crippen LogP contribution in [-0.4, -0.2) is 52.6 Å². The first-order chi connectivity index (χ1) is 9.04. The van der Waals surface area contributed by atoms with Crippen molar-refractivity contribution in [2.45, 2.75) is 32.0 Å². The largest absolute Gasteiger partial charge is 0.392 e. The molecule has 2 heterocycles. The number of anilines is 1. The van der Waals surface area contributed by atoms with Gasteiger partial charge in [-0.25, -0.2) is 9.97 Å². The number of rotatable bonds is 4. The van der Waals surface area contributed by atoms with Crippen molar-refractivity contribution in [2.24, 2.45) is 0 Å². The summed E-state index contributed by atoms with van der Waals surface area (Å²) in [6.45, 7) is 3.44. The molecule has 1 aromatic heterocycles. The Hall–Kier alpha value is -1.24. The Labute approximate surface area is 113 Å². The van der Waals surface area contributed by atoms with Crippen LogP contribution in [0.5, 0.6) is 0 Å². The minimum atomic E-state index is -0.736. The highest BCUT2D eigenvalue weighted by atomic mass is 16.5. The molecule has 1 aliphatic heterocycles. The highest BCUT2D eigenvalue weighted by Gasteiger charge is 2.31. The topological polar surface area (TPSA) is 78.7 Å². The van der Waals surface area contributed by atoms with Crippen molar-refractivity contribution in [3.63, 3.8) is 0 Å². The zero-order valence-electron chi connectivity index (χ0n) is 11.5. The van der Waals surface area contributed by atoms with Crippen LogP contribution in [0.25, 0.3) is 0 Å². The molecular formula is C13H21N3O3. The monoisotopic (exact) mass is 267 g/mol. The van der Waals surface area contributed by atoms with Crippen LogP contribution in [0.3, 0.4) is 0 Å². The second kappa shape index (κ2) is 5.81. The van der Waals surface area contributed by atoms with Crippen molar-refractivity contribution < 1.29 is 14.9 Å². The highest BCUT2D eigenvalue weighted by molar-refractivity contribution is 5.32. The summed E-state index contributed by atoms with van der Waals surface area (Å²) in [4.78, 5) is 10.4. The smallest absolute Gasteiger partial charge is 0.225 e. The predicted molar refractivity (Wildman–Crippen MR) is 71.0 cm³/mol. The van der Waals surface area contributed by atoms with Crippen molar-refractivity contribution in [1.29, 1.82) is 0 Å². The summed E-state index contributed by atoms with van der Waals surface area (Å²) >= 11 is 0. The standard InChI is InChI=1S/C13H21N3O3/c1-10-11(8-17)7-14-12(15-10)16(2)9-13(18)3-5-19-6-4-13/h7,17-18H,3-6,8-9H2,1-2H3. The molecule has 1 fully saturated rings. The van der Waals surface area contributed by atoms with E-state index < -0.39 is 5.60 Å². The number of aliphatic hydroxyl groups is 2. The second-order valence-corrected chi connectivity index (χ2v) is 5.13. The summed E-state index contributed by atoms with van der Waals surface area (Å²) in [5.74, 6) is 0.564. The molecule has 1 aromatic rings. The third-order valence-corrected chi connectivity index (χ3v) is 3.54. The maximum absolute atomic E-state index is 10.5. The van der Waals surface area contributed by atoms with Gasteiger partial charge in [0.05, 0.1) is 12.2 Å². The maximum atomic E-state index is 10.5. The average Bonchev–Trinajstić information content (AvgIpc) is 2.39. The van der Waals surface area contributed by atoms with Crippen LogP contribution in [0.1, 0.15) is 24.1 Å². The van der Waals surface area contributed by atoms with Gasteiger partial charge in [0, 0.05) is 57.1 Å². The minimum absolute atomic E-state index is 0.0584. The van der Waals surface area contributed by atoms with Crippen molar-refractivity contribution in [1.82, 2.24) is 9.97 Å².